The summed E-state index contributed by atoms with van der Waals surface area (Å²) in [6.45, 7) is 5.94. The number of carbonyl (C=O) groups is 2. The van der Waals surface area contributed by atoms with Crippen LogP contribution in [0.1, 0.15) is 37.6 Å². The number of nitrogens with one attached hydrogen (secondary N) is 2. The van der Waals surface area contributed by atoms with Crippen molar-refractivity contribution in [3.8, 4) is 0 Å². The fraction of sp³-hybridized carbons (Fsp3) is 0.500. The molecular formula is C16H22F2N2O3. The third-order valence-electron chi connectivity index (χ3n) is 3.04. The molecular weight excluding hydrogens is 306 g/mol. The molecule has 7 heteroatoms. The van der Waals surface area contributed by atoms with E-state index in [0.717, 1.165) is 18.2 Å². The smallest absolute Gasteiger partial charge is 0.407 e. The number of hydrogen-bond donors (Lipinski definition) is 2. The van der Waals surface area contributed by atoms with Crippen LogP contribution >= 0.6 is 0 Å². The molecule has 0 heterocycles. The molecule has 0 aliphatic heterocycles. The molecule has 0 saturated heterocycles. The van der Waals surface area contributed by atoms with Crippen LogP contribution in [0.5, 0.6) is 0 Å². The zero-order chi connectivity index (χ0) is 17.4. The molecule has 0 fully saturated rings. The number of hydrogen-bond acceptors (Lipinski definition) is 3. The summed E-state index contributed by atoms with van der Waals surface area (Å²) >= 11 is 0. The largest absolute Gasteiger partial charge is 0.450 e. The molecule has 0 aromatic heterocycles. The van der Waals surface area contributed by atoms with Gasteiger partial charge in [0.15, 0.2) is 0 Å². The zero-order valence-corrected chi connectivity index (χ0v) is 13.5. The van der Waals surface area contributed by atoms with Crippen LogP contribution in [0.2, 0.25) is 0 Å². The maximum atomic E-state index is 13.5. The first-order chi connectivity index (χ1) is 10.8. The van der Waals surface area contributed by atoms with Gasteiger partial charge in [0.2, 0.25) is 0 Å². The molecule has 0 aliphatic carbocycles. The van der Waals surface area contributed by atoms with Gasteiger partial charge in [-0.1, -0.05) is 13.8 Å². The Labute approximate surface area is 134 Å². The first-order valence-electron chi connectivity index (χ1n) is 7.50. The summed E-state index contributed by atoms with van der Waals surface area (Å²) in [5.74, 6) is -1.96. The van der Waals surface area contributed by atoms with Gasteiger partial charge in [0.05, 0.1) is 12.2 Å². The Hall–Kier alpha value is -2.18. The van der Waals surface area contributed by atoms with Crippen molar-refractivity contribution in [1.82, 2.24) is 10.6 Å². The van der Waals surface area contributed by atoms with Gasteiger partial charge in [-0.3, -0.25) is 4.79 Å². The summed E-state index contributed by atoms with van der Waals surface area (Å²) in [5.41, 5.74) is -0.371. The maximum Gasteiger partial charge on any atom is 0.407 e. The number of ether oxygens (including phenoxy) is 1. The topological polar surface area (TPSA) is 67.4 Å². The number of alkyl carbamates (subject to hydrolysis) is 1. The van der Waals surface area contributed by atoms with Crippen molar-refractivity contribution in [2.24, 2.45) is 5.92 Å². The van der Waals surface area contributed by atoms with Crippen molar-refractivity contribution in [1.29, 1.82) is 0 Å². The SMILES string of the molecule is CCOC(=O)N[C@H](CNC(=O)c1cc(F)ccc1F)CC(C)C. The summed E-state index contributed by atoms with van der Waals surface area (Å²) in [6, 6.07) is 2.30. The van der Waals surface area contributed by atoms with E-state index in [-0.39, 0.29) is 30.7 Å². The number of amides is 2. The molecule has 0 spiro atoms. The molecule has 0 aliphatic rings. The fourth-order valence-corrected chi connectivity index (χ4v) is 2.08. The van der Waals surface area contributed by atoms with E-state index in [1.807, 2.05) is 13.8 Å². The van der Waals surface area contributed by atoms with Gasteiger partial charge >= 0.3 is 6.09 Å². The van der Waals surface area contributed by atoms with Crippen molar-refractivity contribution < 1.29 is 23.1 Å². The summed E-state index contributed by atoms with van der Waals surface area (Å²) < 4.78 is 31.5. The number of halogens is 2. The third kappa shape index (κ3) is 6.63. The summed E-state index contributed by atoms with van der Waals surface area (Å²) in [4.78, 5) is 23.5. The van der Waals surface area contributed by atoms with Gasteiger partial charge in [0.25, 0.3) is 5.91 Å². The molecule has 5 nitrogen and oxygen atoms in total. The monoisotopic (exact) mass is 328 g/mol. The predicted octanol–water partition coefficient (Wildman–Crippen LogP) is 2.86. The van der Waals surface area contributed by atoms with Crippen LogP contribution < -0.4 is 10.6 Å². The van der Waals surface area contributed by atoms with Crippen LogP contribution in [0.25, 0.3) is 0 Å². The van der Waals surface area contributed by atoms with E-state index >= 15 is 0 Å². The van der Waals surface area contributed by atoms with E-state index in [1.165, 1.54) is 0 Å². The van der Waals surface area contributed by atoms with Gasteiger partial charge in [-0.25, -0.2) is 13.6 Å². The van der Waals surface area contributed by atoms with Gasteiger partial charge in [-0.2, -0.15) is 0 Å². The number of benzene rings is 1. The second-order valence-corrected chi connectivity index (χ2v) is 5.53. The van der Waals surface area contributed by atoms with Crippen molar-refractivity contribution in [2.75, 3.05) is 13.2 Å². The highest BCUT2D eigenvalue weighted by Crippen LogP contribution is 2.10. The molecule has 0 bridgehead atoms. The highest BCUT2D eigenvalue weighted by atomic mass is 19.1. The van der Waals surface area contributed by atoms with E-state index in [1.54, 1.807) is 6.92 Å². The Morgan fingerprint density at radius 1 is 1.26 bits per heavy atom. The molecule has 0 saturated carbocycles. The average Bonchev–Trinajstić information content (AvgIpc) is 2.46. The van der Waals surface area contributed by atoms with Gasteiger partial charge in [0.1, 0.15) is 11.6 Å². The van der Waals surface area contributed by atoms with Crippen molar-refractivity contribution >= 4 is 12.0 Å². The predicted molar refractivity (Wildman–Crippen MR) is 82.1 cm³/mol. The fourth-order valence-electron chi connectivity index (χ4n) is 2.08. The molecule has 0 unspecified atom stereocenters. The lowest BCUT2D eigenvalue weighted by Gasteiger charge is -2.20. The van der Waals surface area contributed by atoms with E-state index in [0.29, 0.717) is 6.42 Å². The molecule has 1 aromatic rings. The summed E-state index contributed by atoms with van der Waals surface area (Å²) in [5, 5.41) is 5.14. The van der Waals surface area contributed by atoms with E-state index in [4.69, 9.17) is 4.74 Å². The van der Waals surface area contributed by atoms with Gasteiger partial charge in [-0.05, 0) is 37.5 Å². The van der Waals surface area contributed by atoms with Crippen molar-refractivity contribution in [3.63, 3.8) is 0 Å². The van der Waals surface area contributed by atoms with Gasteiger partial charge in [-0.15, -0.1) is 0 Å². The average molecular weight is 328 g/mol. The summed E-state index contributed by atoms with van der Waals surface area (Å²) in [6.07, 6.45) is 0.0226. The van der Waals surface area contributed by atoms with Crippen molar-refractivity contribution in [2.45, 2.75) is 33.2 Å². The van der Waals surface area contributed by atoms with Crippen LogP contribution in [0.4, 0.5) is 13.6 Å². The van der Waals surface area contributed by atoms with Crippen molar-refractivity contribution in [3.05, 3.63) is 35.4 Å². The normalized spacial score (nSPS) is 11.9. The maximum absolute atomic E-state index is 13.5. The van der Waals surface area contributed by atoms with Crippen LogP contribution in [-0.2, 0) is 4.74 Å². The summed E-state index contributed by atoms with van der Waals surface area (Å²) in [7, 11) is 0. The highest BCUT2D eigenvalue weighted by Gasteiger charge is 2.18. The second kappa shape index (κ2) is 9.07. The Bertz CT molecular complexity index is 550. The minimum Gasteiger partial charge on any atom is -0.450 e. The molecule has 1 rings (SSSR count). The standard InChI is InChI=1S/C16H22F2N2O3/c1-4-23-16(22)20-12(7-10(2)3)9-19-15(21)13-8-11(17)5-6-14(13)18/h5-6,8,10,12H,4,7,9H2,1-3H3,(H,19,21)(H,20,22)/t12-/m0/s1. The molecule has 1 aromatic carbocycles. The zero-order valence-electron chi connectivity index (χ0n) is 13.5. The lowest BCUT2D eigenvalue weighted by Crippen LogP contribution is -2.44. The Kier molecular flexibility index (Phi) is 7.44. The van der Waals surface area contributed by atoms with Crippen LogP contribution in [0, 0.1) is 17.6 Å². The molecule has 0 radical (unpaired) electrons. The Morgan fingerprint density at radius 2 is 1.96 bits per heavy atom. The molecule has 128 valence electrons. The molecule has 1 atom stereocenters. The second-order valence-electron chi connectivity index (χ2n) is 5.53. The van der Waals surface area contributed by atoms with E-state index in [2.05, 4.69) is 10.6 Å². The third-order valence-corrected chi connectivity index (χ3v) is 3.04. The molecule has 2 amide bonds. The first-order valence-corrected chi connectivity index (χ1v) is 7.50. The Morgan fingerprint density at radius 3 is 2.57 bits per heavy atom. The Balaban J connectivity index is 2.67. The molecule has 23 heavy (non-hydrogen) atoms. The lowest BCUT2D eigenvalue weighted by atomic mass is 10.0. The minimum atomic E-state index is -0.803. The van der Waals surface area contributed by atoms with Crippen LogP contribution in [-0.4, -0.2) is 31.2 Å². The quantitative estimate of drug-likeness (QED) is 0.809. The molecule has 2 N–H and O–H groups in total. The van der Waals surface area contributed by atoms with E-state index < -0.39 is 23.6 Å². The minimum absolute atomic E-state index is 0.0891. The van der Waals surface area contributed by atoms with Gasteiger partial charge < -0.3 is 15.4 Å². The number of rotatable bonds is 7. The number of carbonyl (C=O) groups excluding carboxylic acids is 2. The highest BCUT2D eigenvalue weighted by molar-refractivity contribution is 5.94. The van der Waals surface area contributed by atoms with Crippen LogP contribution in [0.3, 0.4) is 0 Å². The first kappa shape index (κ1) is 18.9. The van der Waals surface area contributed by atoms with E-state index in [9.17, 15) is 18.4 Å². The van der Waals surface area contributed by atoms with Gasteiger partial charge in [0, 0.05) is 12.6 Å². The lowest BCUT2D eigenvalue weighted by molar-refractivity contribution is 0.0940. The van der Waals surface area contributed by atoms with Crippen LogP contribution in [0.15, 0.2) is 18.2 Å².